The van der Waals surface area contributed by atoms with Gasteiger partial charge in [0.05, 0.1) is 0 Å². The number of benzene rings is 2. The molecule has 0 fully saturated rings. The van der Waals surface area contributed by atoms with E-state index in [-0.39, 0.29) is 5.91 Å². The zero-order valence-electron chi connectivity index (χ0n) is 12.0. The maximum Gasteiger partial charge on any atom is 0.255 e. The van der Waals surface area contributed by atoms with Gasteiger partial charge in [-0.3, -0.25) is 4.79 Å². The van der Waals surface area contributed by atoms with E-state index in [0.29, 0.717) is 11.5 Å². The summed E-state index contributed by atoms with van der Waals surface area (Å²) in [6.45, 7) is 6.26. The quantitative estimate of drug-likeness (QED) is 0.789. The van der Waals surface area contributed by atoms with Crippen LogP contribution < -0.4 is 5.32 Å². The van der Waals surface area contributed by atoms with Crippen molar-refractivity contribution in [3.05, 3.63) is 59.2 Å². The molecule has 2 rings (SSSR count). The van der Waals surface area contributed by atoms with Crippen LogP contribution in [0.4, 0.5) is 5.69 Å². The highest BCUT2D eigenvalue weighted by Gasteiger charge is 2.13. The third-order valence-corrected chi connectivity index (χ3v) is 3.55. The Hall–Kier alpha value is -1.74. The molecule has 0 saturated heterocycles. The summed E-state index contributed by atoms with van der Waals surface area (Å²) in [6, 6.07) is 13.3. The molecule has 0 bridgehead atoms. The monoisotopic (exact) mass is 285 g/mol. The molecule has 3 heteroatoms. The molecule has 0 heterocycles. The van der Waals surface area contributed by atoms with Crippen LogP contribution in [0.1, 0.15) is 41.3 Å². The average Bonchev–Trinajstić information content (AvgIpc) is 2.40. The summed E-state index contributed by atoms with van der Waals surface area (Å²) in [5.74, 6) is 0.263. The predicted octanol–water partition coefficient (Wildman–Crippen LogP) is 4.66. The van der Waals surface area contributed by atoms with Crippen molar-refractivity contribution < 1.29 is 4.79 Å². The lowest BCUT2D eigenvalue weighted by atomic mass is 9.98. The topological polar surface area (TPSA) is 29.1 Å². The van der Waals surface area contributed by atoms with Crippen molar-refractivity contribution in [3.63, 3.8) is 0 Å². The van der Waals surface area contributed by atoms with Crippen LogP contribution in [0.2, 0.25) is 0 Å². The molecule has 1 N–H and O–H groups in total. The zero-order valence-corrected chi connectivity index (χ0v) is 12.9. The van der Waals surface area contributed by atoms with E-state index in [4.69, 9.17) is 0 Å². The van der Waals surface area contributed by atoms with Gasteiger partial charge in [0.2, 0.25) is 0 Å². The Labute approximate surface area is 125 Å². The van der Waals surface area contributed by atoms with Gasteiger partial charge in [-0.05, 0) is 42.2 Å². The smallest absolute Gasteiger partial charge is 0.255 e. The molecular formula is C17H19NOS. The summed E-state index contributed by atoms with van der Waals surface area (Å²) in [6.07, 6.45) is 0. The second kappa shape index (κ2) is 6.14. The number of rotatable bonds is 3. The molecule has 1 amide bonds. The lowest BCUT2D eigenvalue weighted by molar-refractivity contribution is 0.102. The van der Waals surface area contributed by atoms with Crippen LogP contribution in [0.3, 0.4) is 0 Å². The van der Waals surface area contributed by atoms with Crippen molar-refractivity contribution in [2.45, 2.75) is 31.6 Å². The molecular weight excluding hydrogens is 266 g/mol. The SMILES string of the molecule is Cc1cccc(C(C)C)c1NC(=O)c1cccc(S)c1. The number of hydrogen-bond acceptors (Lipinski definition) is 2. The number of amides is 1. The van der Waals surface area contributed by atoms with Gasteiger partial charge in [0.25, 0.3) is 5.91 Å². The van der Waals surface area contributed by atoms with Gasteiger partial charge < -0.3 is 5.32 Å². The van der Waals surface area contributed by atoms with Crippen molar-refractivity contribution in [3.8, 4) is 0 Å². The van der Waals surface area contributed by atoms with Crippen LogP contribution in [-0.4, -0.2) is 5.91 Å². The fourth-order valence-electron chi connectivity index (χ4n) is 2.18. The highest BCUT2D eigenvalue weighted by atomic mass is 32.1. The van der Waals surface area contributed by atoms with Gasteiger partial charge in [0.1, 0.15) is 0 Å². The van der Waals surface area contributed by atoms with Crippen LogP contribution in [0.25, 0.3) is 0 Å². The molecule has 2 aromatic carbocycles. The van der Waals surface area contributed by atoms with Crippen LogP contribution in [0.5, 0.6) is 0 Å². The summed E-state index contributed by atoms with van der Waals surface area (Å²) >= 11 is 4.27. The first-order valence-electron chi connectivity index (χ1n) is 6.69. The van der Waals surface area contributed by atoms with Gasteiger partial charge >= 0.3 is 0 Å². The largest absolute Gasteiger partial charge is 0.321 e. The van der Waals surface area contributed by atoms with Crippen molar-refractivity contribution in [2.75, 3.05) is 5.32 Å². The number of hydrogen-bond donors (Lipinski definition) is 2. The van der Waals surface area contributed by atoms with Crippen molar-refractivity contribution in [2.24, 2.45) is 0 Å². The molecule has 0 aromatic heterocycles. The summed E-state index contributed by atoms with van der Waals surface area (Å²) in [7, 11) is 0. The van der Waals surface area contributed by atoms with E-state index in [1.165, 1.54) is 0 Å². The molecule has 0 saturated carbocycles. The number of aryl methyl sites for hydroxylation is 1. The maximum absolute atomic E-state index is 12.3. The molecule has 2 aromatic rings. The Morgan fingerprint density at radius 2 is 1.85 bits per heavy atom. The summed E-state index contributed by atoms with van der Waals surface area (Å²) < 4.78 is 0. The van der Waals surface area contributed by atoms with Crippen molar-refractivity contribution in [1.82, 2.24) is 0 Å². The van der Waals surface area contributed by atoms with E-state index >= 15 is 0 Å². The normalized spacial score (nSPS) is 10.7. The van der Waals surface area contributed by atoms with E-state index < -0.39 is 0 Å². The molecule has 0 unspecified atom stereocenters. The van der Waals surface area contributed by atoms with E-state index in [0.717, 1.165) is 21.7 Å². The fraction of sp³-hybridized carbons (Fsp3) is 0.235. The Bertz CT molecular complexity index is 635. The number of carbonyl (C=O) groups is 1. The maximum atomic E-state index is 12.3. The molecule has 0 spiro atoms. The number of carbonyl (C=O) groups excluding carboxylic acids is 1. The third-order valence-electron chi connectivity index (χ3n) is 3.27. The minimum Gasteiger partial charge on any atom is -0.321 e. The van der Waals surface area contributed by atoms with Crippen molar-refractivity contribution >= 4 is 24.2 Å². The second-order valence-corrected chi connectivity index (χ2v) is 5.71. The first-order valence-corrected chi connectivity index (χ1v) is 7.13. The number of nitrogens with one attached hydrogen (secondary N) is 1. The molecule has 2 nitrogen and oxygen atoms in total. The third kappa shape index (κ3) is 3.23. The van der Waals surface area contributed by atoms with Gasteiger partial charge in [-0.15, -0.1) is 12.6 Å². The Morgan fingerprint density at radius 1 is 1.15 bits per heavy atom. The van der Waals surface area contributed by atoms with E-state index in [9.17, 15) is 4.79 Å². The predicted molar refractivity (Wildman–Crippen MR) is 86.9 cm³/mol. The highest BCUT2D eigenvalue weighted by molar-refractivity contribution is 7.80. The Morgan fingerprint density at radius 3 is 2.50 bits per heavy atom. The molecule has 20 heavy (non-hydrogen) atoms. The second-order valence-electron chi connectivity index (χ2n) is 5.20. The molecule has 0 radical (unpaired) electrons. The van der Waals surface area contributed by atoms with Gasteiger partial charge in [-0.2, -0.15) is 0 Å². The van der Waals surface area contributed by atoms with Gasteiger partial charge in [0.15, 0.2) is 0 Å². The summed E-state index contributed by atoms with van der Waals surface area (Å²) in [4.78, 5) is 13.1. The summed E-state index contributed by atoms with van der Waals surface area (Å²) in [5.41, 5.74) is 3.76. The molecule has 0 atom stereocenters. The highest BCUT2D eigenvalue weighted by Crippen LogP contribution is 2.27. The first kappa shape index (κ1) is 14.7. The van der Waals surface area contributed by atoms with Gasteiger partial charge in [0, 0.05) is 16.1 Å². The average molecular weight is 285 g/mol. The van der Waals surface area contributed by atoms with Crippen molar-refractivity contribution in [1.29, 1.82) is 0 Å². The lowest BCUT2D eigenvalue weighted by Crippen LogP contribution is -2.14. The molecule has 104 valence electrons. The van der Waals surface area contributed by atoms with Gasteiger partial charge in [-0.25, -0.2) is 0 Å². The minimum atomic E-state index is -0.0999. The standard InChI is InChI=1S/C17H19NOS/c1-11(2)15-9-4-6-12(3)16(15)18-17(19)13-7-5-8-14(20)10-13/h4-11,20H,1-3H3,(H,18,19). The zero-order chi connectivity index (χ0) is 14.7. The Kier molecular flexibility index (Phi) is 4.50. The van der Waals surface area contributed by atoms with E-state index in [1.807, 2.05) is 31.2 Å². The van der Waals surface area contributed by atoms with Crippen LogP contribution in [0, 0.1) is 6.92 Å². The van der Waals surface area contributed by atoms with Crippen LogP contribution >= 0.6 is 12.6 Å². The molecule has 0 aliphatic heterocycles. The number of thiol groups is 1. The van der Waals surface area contributed by atoms with Gasteiger partial charge in [-0.1, -0.05) is 38.1 Å². The fourth-order valence-corrected chi connectivity index (χ4v) is 2.40. The lowest BCUT2D eigenvalue weighted by Gasteiger charge is -2.16. The molecule has 0 aliphatic rings. The van der Waals surface area contributed by atoms with E-state index in [2.05, 4.69) is 37.9 Å². The summed E-state index contributed by atoms with van der Waals surface area (Å²) in [5, 5.41) is 3.03. The Balaban J connectivity index is 2.33. The molecule has 0 aliphatic carbocycles. The van der Waals surface area contributed by atoms with E-state index in [1.54, 1.807) is 12.1 Å². The number of anilines is 1. The first-order chi connectivity index (χ1) is 9.49. The minimum absolute atomic E-state index is 0.0999. The van der Waals surface area contributed by atoms with Crippen LogP contribution in [-0.2, 0) is 0 Å². The number of para-hydroxylation sites is 1. The van der Waals surface area contributed by atoms with Crippen LogP contribution in [0.15, 0.2) is 47.4 Å².